The lowest BCUT2D eigenvalue weighted by molar-refractivity contribution is -0.140. The summed E-state index contributed by atoms with van der Waals surface area (Å²) >= 11 is 0. The largest absolute Gasteiger partial charge is 0.383 e. The van der Waals surface area contributed by atoms with Crippen LogP contribution in [0, 0.1) is 11.3 Å². The van der Waals surface area contributed by atoms with Crippen LogP contribution in [0.2, 0.25) is 0 Å². The van der Waals surface area contributed by atoms with E-state index in [0.29, 0.717) is 74.5 Å². The normalized spacial score (nSPS) is 16.3. The molecule has 1 fully saturated rings. The molecule has 2 aliphatic heterocycles. The number of aromatic nitrogens is 2. The molecule has 3 amide bonds. The van der Waals surface area contributed by atoms with Gasteiger partial charge in [-0.1, -0.05) is 0 Å². The molecule has 0 bridgehead atoms. The Kier molecular flexibility index (Phi) is 8.83. The maximum absolute atomic E-state index is 13.2. The molecule has 2 aromatic rings. The molecule has 0 aliphatic carbocycles. The number of carbonyl (C=O) groups is 3. The molecule has 2 aliphatic rings. The Labute approximate surface area is 220 Å². The van der Waals surface area contributed by atoms with Crippen molar-refractivity contribution >= 4 is 35.5 Å². The minimum absolute atomic E-state index is 0.121. The van der Waals surface area contributed by atoms with Crippen LogP contribution in [0.15, 0.2) is 18.3 Å². The second kappa shape index (κ2) is 12.4. The molecule has 0 saturated carbocycles. The Hall–Kier alpha value is -4.08. The number of aryl methyl sites for hydroxylation is 1. The fraction of sp³-hybridized carbons (Fsp3) is 0.462. The van der Waals surface area contributed by atoms with Gasteiger partial charge in [-0.15, -0.1) is 0 Å². The first-order chi connectivity index (χ1) is 18.4. The first-order valence-electron chi connectivity index (χ1n) is 12.5. The van der Waals surface area contributed by atoms with Crippen LogP contribution in [0.25, 0.3) is 0 Å². The molecular formula is C26H31N7O5. The molecule has 38 heavy (non-hydrogen) atoms. The van der Waals surface area contributed by atoms with E-state index in [1.807, 2.05) is 6.07 Å². The number of nitriles is 1. The maximum atomic E-state index is 13.2. The van der Waals surface area contributed by atoms with Crippen LogP contribution < -0.4 is 15.5 Å². The van der Waals surface area contributed by atoms with Crippen molar-refractivity contribution in [3.63, 3.8) is 0 Å². The Bertz CT molecular complexity index is 1240. The van der Waals surface area contributed by atoms with Crippen LogP contribution in [0.3, 0.4) is 0 Å². The van der Waals surface area contributed by atoms with Gasteiger partial charge in [0.05, 0.1) is 17.9 Å². The van der Waals surface area contributed by atoms with Gasteiger partial charge in [0.1, 0.15) is 29.5 Å². The average molecular weight is 522 g/mol. The summed E-state index contributed by atoms with van der Waals surface area (Å²) in [6.45, 7) is 2.14. The summed E-state index contributed by atoms with van der Waals surface area (Å²) < 4.78 is 10.5. The van der Waals surface area contributed by atoms with E-state index in [1.54, 1.807) is 25.1 Å². The van der Waals surface area contributed by atoms with Crippen LogP contribution in [0.4, 0.5) is 22.1 Å². The van der Waals surface area contributed by atoms with E-state index in [0.717, 1.165) is 12.0 Å². The molecule has 0 spiro atoms. The van der Waals surface area contributed by atoms with Gasteiger partial charge in [-0.3, -0.25) is 19.8 Å². The van der Waals surface area contributed by atoms with Crippen molar-refractivity contribution in [2.24, 2.45) is 0 Å². The predicted molar refractivity (Wildman–Crippen MR) is 139 cm³/mol. The number of nitrogens with one attached hydrogen (secondary N) is 2. The number of nitrogens with zero attached hydrogens (tertiary/aromatic N) is 5. The zero-order valence-corrected chi connectivity index (χ0v) is 21.5. The number of anilines is 3. The number of aldehydes is 1. The smallest absolute Gasteiger partial charge is 0.328 e. The first-order valence-corrected chi connectivity index (χ1v) is 12.5. The first kappa shape index (κ1) is 27.0. The molecule has 4 rings (SSSR count). The van der Waals surface area contributed by atoms with Gasteiger partial charge in [-0.05, 0) is 37.3 Å². The maximum Gasteiger partial charge on any atom is 0.328 e. The summed E-state index contributed by atoms with van der Waals surface area (Å²) in [5.74, 6) is 0.548. The van der Waals surface area contributed by atoms with Gasteiger partial charge in [0.15, 0.2) is 6.29 Å². The second-order valence-electron chi connectivity index (χ2n) is 9.16. The second-order valence-corrected chi connectivity index (χ2v) is 9.16. The van der Waals surface area contributed by atoms with E-state index in [2.05, 4.69) is 26.7 Å². The summed E-state index contributed by atoms with van der Waals surface area (Å²) in [7, 11) is 3.26. The zero-order valence-electron chi connectivity index (χ0n) is 21.5. The number of methoxy groups -OCH3 is 1. The molecular weight excluding hydrogens is 490 g/mol. The number of likely N-dealkylation sites (N-methyl/N-ethyl adjacent to an activating group) is 1. The summed E-state index contributed by atoms with van der Waals surface area (Å²) in [6, 6.07) is 5.06. The van der Waals surface area contributed by atoms with Crippen molar-refractivity contribution in [2.75, 3.05) is 56.0 Å². The third-order valence-electron chi connectivity index (χ3n) is 6.50. The lowest BCUT2D eigenvalue weighted by Gasteiger charge is -2.29. The number of ether oxygens (including phenoxy) is 2. The third kappa shape index (κ3) is 6.07. The molecule has 4 heterocycles. The monoisotopic (exact) mass is 521 g/mol. The molecule has 2 aromatic heterocycles. The Balaban J connectivity index is 1.51. The van der Waals surface area contributed by atoms with Gasteiger partial charge in [-0.2, -0.15) is 5.26 Å². The standard InChI is InChI=1S/C26H31N7O5/c1-32(25(35)22-6-4-9-38-22)15-18-11-17-5-3-8-33(24(17)30-21(18)16-34)26(36)31-23-12-20(28-7-10-37-2)19(13-27)14-29-23/h11-12,14,16,22H,3-10,15H2,1-2H3,(H2,28,29,31,36)/t22-/m0/s1. The van der Waals surface area contributed by atoms with Gasteiger partial charge < -0.3 is 19.7 Å². The van der Waals surface area contributed by atoms with Crippen LogP contribution >= 0.6 is 0 Å². The number of fused-ring (bicyclic) bond motifs is 1. The average Bonchev–Trinajstić information content (AvgIpc) is 3.47. The minimum atomic E-state index is -0.450. The number of hydrogen-bond acceptors (Lipinski definition) is 9. The summed E-state index contributed by atoms with van der Waals surface area (Å²) in [4.78, 5) is 49.6. The lowest BCUT2D eigenvalue weighted by atomic mass is 10.0. The van der Waals surface area contributed by atoms with E-state index in [4.69, 9.17) is 9.47 Å². The van der Waals surface area contributed by atoms with Crippen molar-refractivity contribution in [3.05, 3.63) is 40.7 Å². The number of pyridine rings is 2. The van der Waals surface area contributed by atoms with Crippen molar-refractivity contribution in [3.8, 4) is 6.07 Å². The van der Waals surface area contributed by atoms with Crippen LogP contribution in [0.1, 0.15) is 46.4 Å². The molecule has 1 saturated heterocycles. The Morgan fingerprint density at radius 1 is 1.37 bits per heavy atom. The summed E-state index contributed by atoms with van der Waals surface area (Å²) in [5.41, 5.74) is 2.49. The van der Waals surface area contributed by atoms with E-state index in [9.17, 15) is 19.6 Å². The number of urea groups is 1. The van der Waals surface area contributed by atoms with Crippen LogP contribution in [-0.2, 0) is 27.2 Å². The van der Waals surface area contributed by atoms with Gasteiger partial charge in [0.25, 0.3) is 5.91 Å². The number of amides is 3. The van der Waals surface area contributed by atoms with Gasteiger partial charge >= 0.3 is 6.03 Å². The van der Waals surface area contributed by atoms with Gasteiger partial charge in [0.2, 0.25) is 0 Å². The van der Waals surface area contributed by atoms with E-state index < -0.39 is 12.1 Å². The summed E-state index contributed by atoms with van der Waals surface area (Å²) in [6.07, 6.45) is 4.52. The Morgan fingerprint density at radius 3 is 2.92 bits per heavy atom. The predicted octanol–water partition coefficient (Wildman–Crippen LogP) is 2.34. The van der Waals surface area contributed by atoms with E-state index in [-0.39, 0.29) is 24.0 Å². The quantitative estimate of drug-likeness (QED) is 0.374. The minimum Gasteiger partial charge on any atom is -0.383 e. The highest BCUT2D eigenvalue weighted by molar-refractivity contribution is 6.02. The highest BCUT2D eigenvalue weighted by atomic mass is 16.5. The third-order valence-corrected chi connectivity index (χ3v) is 6.50. The molecule has 12 nitrogen and oxygen atoms in total. The highest BCUT2D eigenvalue weighted by Crippen LogP contribution is 2.29. The topological polar surface area (TPSA) is 150 Å². The molecule has 0 radical (unpaired) electrons. The van der Waals surface area contributed by atoms with Crippen LogP contribution in [-0.4, -0.2) is 79.7 Å². The highest BCUT2D eigenvalue weighted by Gasteiger charge is 2.29. The van der Waals surface area contributed by atoms with E-state index in [1.165, 1.54) is 11.1 Å². The molecule has 12 heteroatoms. The molecule has 200 valence electrons. The van der Waals surface area contributed by atoms with Crippen molar-refractivity contribution in [1.82, 2.24) is 14.9 Å². The lowest BCUT2D eigenvalue weighted by Crippen LogP contribution is -2.40. The van der Waals surface area contributed by atoms with Crippen LogP contribution in [0.5, 0.6) is 0 Å². The number of rotatable bonds is 9. The molecule has 1 atom stereocenters. The molecule has 2 N–H and O–H groups in total. The fourth-order valence-electron chi connectivity index (χ4n) is 4.56. The van der Waals surface area contributed by atoms with Crippen molar-refractivity contribution in [1.29, 1.82) is 5.26 Å². The zero-order chi connectivity index (χ0) is 27.1. The summed E-state index contributed by atoms with van der Waals surface area (Å²) in [5, 5.41) is 15.2. The SMILES string of the molecule is COCCNc1cc(NC(=O)N2CCCc3cc(CN(C)C(=O)[C@@H]4CCCO4)c(C=O)nc32)ncc1C#N. The fourth-order valence-corrected chi connectivity index (χ4v) is 4.56. The van der Waals surface area contributed by atoms with Crippen molar-refractivity contribution < 1.29 is 23.9 Å². The van der Waals surface area contributed by atoms with E-state index >= 15 is 0 Å². The van der Waals surface area contributed by atoms with Gasteiger partial charge in [0, 0.05) is 58.2 Å². The Morgan fingerprint density at radius 2 is 2.21 bits per heavy atom. The molecule has 0 aromatic carbocycles. The number of carbonyl (C=O) groups excluding carboxylic acids is 3. The number of hydrogen-bond donors (Lipinski definition) is 2. The molecule has 0 unspecified atom stereocenters. The van der Waals surface area contributed by atoms with Gasteiger partial charge in [-0.25, -0.2) is 14.8 Å². The van der Waals surface area contributed by atoms with Crippen molar-refractivity contribution in [2.45, 2.75) is 38.3 Å².